The van der Waals surface area contributed by atoms with Crippen LogP contribution in [0.4, 0.5) is 5.69 Å². The summed E-state index contributed by atoms with van der Waals surface area (Å²) in [4.78, 5) is 18.9. The Morgan fingerprint density at radius 3 is 3.00 bits per heavy atom. The van der Waals surface area contributed by atoms with Crippen molar-refractivity contribution in [3.05, 3.63) is 40.9 Å². The maximum atomic E-state index is 12.6. The van der Waals surface area contributed by atoms with Gasteiger partial charge in [-0.1, -0.05) is 30.0 Å². The van der Waals surface area contributed by atoms with Gasteiger partial charge in [-0.15, -0.1) is 11.3 Å². The quantitative estimate of drug-likeness (QED) is 0.813. The predicted molar refractivity (Wildman–Crippen MR) is 84.7 cm³/mol. The molecule has 104 valence electrons. The summed E-state index contributed by atoms with van der Waals surface area (Å²) in [7, 11) is 0. The van der Waals surface area contributed by atoms with Gasteiger partial charge >= 0.3 is 0 Å². The molecule has 0 fully saturated rings. The van der Waals surface area contributed by atoms with Crippen LogP contribution >= 0.6 is 23.1 Å². The predicted octanol–water partition coefficient (Wildman–Crippen LogP) is 3.52. The molecule has 1 aromatic carbocycles. The van der Waals surface area contributed by atoms with Gasteiger partial charge < -0.3 is 4.90 Å². The fourth-order valence-corrected chi connectivity index (χ4v) is 4.42. The Morgan fingerprint density at radius 1 is 1.45 bits per heavy atom. The highest BCUT2D eigenvalue weighted by Gasteiger charge is 2.28. The van der Waals surface area contributed by atoms with Crippen LogP contribution in [0.1, 0.15) is 18.2 Å². The van der Waals surface area contributed by atoms with Crippen molar-refractivity contribution in [1.82, 2.24) is 4.98 Å². The van der Waals surface area contributed by atoms with E-state index in [0.717, 1.165) is 28.7 Å². The molecule has 1 aliphatic heterocycles. The number of thioether (sulfide) groups is 1. The van der Waals surface area contributed by atoms with Crippen LogP contribution in [-0.2, 0) is 11.2 Å². The van der Waals surface area contributed by atoms with Gasteiger partial charge in [0.25, 0.3) is 0 Å². The average Bonchev–Trinajstić information content (AvgIpc) is 3.04. The van der Waals surface area contributed by atoms with E-state index in [2.05, 4.69) is 11.1 Å². The van der Waals surface area contributed by atoms with E-state index in [0.29, 0.717) is 0 Å². The molecule has 2 aromatic rings. The smallest absolute Gasteiger partial charge is 0.240 e. The third-order valence-corrected chi connectivity index (χ3v) is 5.55. The summed E-state index contributed by atoms with van der Waals surface area (Å²) in [5.41, 5.74) is 3.35. The van der Waals surface area contributed by atoms with Gasteiger partial charge in [-0.2, -0.15) is 0 Å². The van der Waals surface area contributed by atoms with Crippen molar-refractivity contribution in [2.24, 2.45) is 0 Å². The Bertz CT molecular complexity index is 638. The van der Waals surface area contributed by atoms with Crippen LogP contribution in [-0.4, -0.2) is 22.7 Å². The molecule has 20 heavy (non-hydrogen) atoms. The van der Waals surface area contributed by atoms with Crippen LogP contribution in [0.3, 0.4) is 0 Å². The Morgan fingerprint density at radius 2 is 2.25 bits per heavy atom. The highest BCUT2D eigenvalue weighted by atomic mass is 32.2. The zero-order chi connectivity index (χ0) is 14.1. The van der Waals surface area contributed by atoms with Crippen molar-refractivity contribution in [2.75, 3.05) is 11.4 Å². The number of benzene rings is 1. The van der Waals surface area contributed by atoms with Crippen molar-refractivity contribution in [3.63, 3.8) is 0 Å². The van der Waals surface area contributed by atoms with Crippen LogP contribution in [0.2, 0.25) is 0 Å². The minimum absolute atomic E-state index is 0.105. The monoisotopic (exact) mass is 304 g/mol. The number of nitrogens with zero attached hydrogens (tertiary/aromatic N) is 2. The topological polar surface area (TPSA) is 33.2 Å². The van der Waals surface area contributed by atoms with Crippen molar-refractivity contribution in [2.45, 2.75) is 29.9 Å². The minimum Gasteiger partial charge on any atom is -0.311 e. The fraction of sp³-hybridized carbons (Fsp3) is 0.333. The van der Waals surface area contributed by atoms with Gasteiger partial charge in [0.2, 0.25) is 5.91 Å². The largest absolute Gasteiger partial charge is 0.311 e. The molecule has 3 rings (SSSR count). The van der Waals surface area contributed by atoms with E-state index in [1.165, 1.54) is 5.56 Å². The van der Waals surface area contributed by atoms with E-state index in [1.54, 1.807) is 23.1 Å². The average molecular weight is 304 g/mol. The van der Waals surface area contributed by atoms with Crippen molar-refractivity contribution < 1.29 is 4.79 Å². The second-order valence-electron chi connectivity index (χ2n) is 4.88. The van der Waals surface area contributed by atoms with Gasteiger partial charge in [-0.3, -0.25) is 4.79 Å². The van der Waals surface area contributed by atoms with Gasteiger partial charge in [0.1, 0.15) is 0 Å². The van der Waals surface area contributed by atoms with E-state index >= 15 is 0 Å². The van der Waals surface area contributed by atoms with Gasteiger partial charge in [0.15, 0.2) is 4.34 Å². The molecule has 3 nitrogen and oxygen atoms in total. The lowest BCUT2D eigenvalue weighted by Crippen LogP contribution is -2.35. The SMILES string of the molecule is Cc1csc(S[C@@H](C)C(=O)N2CCc3ccccc32)n1. The molecule has 0 N–H and O–H groups in total. The first-order chi connectivity index (χ1) is 9.65. The second kappa shape index (κ2) is 5.58. The number of para-hydroxylation sites is 1. The first-order valence-corrected chi connectivity index (χ1v) is 8.39. The number of hydrogen-bond acceptors (Lipinski definition) is 4. The molecule has 0 saturated carbocycles. The third-order valence-electron chi connectivity index (χ3n) is 3.38. The zero-order valence-corrected chi connectivity index (χ0v) is 13.1. The lowest BCUT2D eigenvalue weighted by atomic mass is 10.2. The number of carbonyl (C=O) groups is 1. The van der Waals surface area contributed by atoms with Crippen LogP contribution in [0.5, 0.6) is 0 Å². The maximum Gasteiger partial charge on any atom is 0.240 e. The molecule has 5 heteroatoms. The summed E-state index contributed by atoms with van der Waals surface area (Å²) in [6, 6.07) is 8.16. The maximum absolute atomic E-state index is 12.6. The van der Waals surface area contributed by atoms with Gasteiger partial charge in [-0.25, -0.2) is 4.98 Å². The van der Waals surface area contributed by atoms with Crippen LogP contribution in [0.25, 0.3) is 0 Å². The van der Waals surface area contributed by atoms with E-state index in [-0.39, 0.29) is 11.2 Å². The normalized spacial score (nSPS) is 15.2. The molecule has 0 aliphatic carbocycles. The third kappa shape index (κ3) is 2.60. The van der Waals surface area contributed by atoms with Crippen LogP contribution in [0, 0.1) is 6.92 Å². The minimum atomic E-state index is -0.105. The summed E-state index contributed by atoms with van der Waals surface area (Å²) in [5, 5.41) is 1.91. The lowest BCUT2D eigenvalue weighted by Gasteiger charge is -2.20. The molecule has 1 aromatic heterocycles. The molecule has 1 aliphatic rings. The van der Waals surface area contributed by atoms with E-state index in [9.17, 15) is 4.79 Å². The number of anilines is 1. The number of aromatic nitrogens is 1. The van der Waals surface area contributed by atoms with E-state index in [1.807, 2.05) is 42.3 Å². The highest BCUT2D eigenvalue weighted by molar-refractivity contribution is 8.02. The summed E-state index contributed by atoms with van der Waals surface area (Å²) < 4.78 is 0.968. The molecule has 1 amide bonds. The van der Waals surface area contributed by atoms with Gasteiger partial charge in [0.05, 0.1) is 5.25 Å². The summed E-state index contributed by atoms with van der Waals surface area (Å²) in [5.74, 6) is 0.174. The van der Waals surface area contributed by atoms with E-state index < -0.39 is 0 Å². The van der Waals surface area contributed by atoms with Crippen molar-refractivity contribution >= 4 is 34.7 Å². The first-order valence-electron chi connectivity index (χ1n) is 6.63. The fourth-order valence-electron chi connectivity index (χ4n) is 2.37. The molecule has 0 unspecified atom stereocenters. The Balaban J connectivity index is 1.73. The number of amides is 1. The molecular weight excluding hydrogens is 288 g/mol. The molecule has 1 atom stereocenters. The Labute approximate surface area is 127 Å². The number of rotatable bonds is 3. The summed E-state index contributed by atoms with van der Waals surface area (Å²) >= 11 is 3.15. The van der Waals surface area contributed by atoms with Gasteiger partial charge in [0, 0.05) is 23.3 Å². The van der Waals surface area contributed by atoms with Crippen LogP contribution < -0.4 is 4.90 Å². The molecule has 2 heterocycles. The Kier molecular flexibility index (Phi) is 3.81. The zero-order valence-electron chi connectivity index (χ0n) is 11.5. The second-order valence-corrected chi connectivity index (χ2v) is 7.33. The molecule has 0 radical (unpaired) electrons. The molecule has 0 bridgehead atoms. The molecular formula is C15H16N2OS2. The standard InChI is InChI=1S/C15H16N2OS2/c1-10-9-19-15(16-10)20-11(2)14(18)17-8-7-12-5-3-4-6-13(12)17/h3-6,9,11H,7-8H2,1-2H3/t11-/m0/s1. The number of thiazole rings is 1. The highest BCUT2D eigenvalue weighted by Crippen LogP contribution is 2.32. The number of aryl methyl sites for hydroxylation is 1. The lowest BCUT2D eigenvalue weighted by molar-refractivity contribution is -0.117. The molecule has 0 spiro atoms. The van der Waals surface area contributed by atoms with Crippen molar-refractivity contribution in [3.8, 4) is 0 Å². The van der Waals surface area contributed by atoms with E-state index in [4.69, 9.17) is 0 Å². The first kappa shape index (κ1) is 13.6. The number of hydrogen-bond donors (Lipinski definition) is 0. The van der Waals surface area contributed by atoms with Crippen molar-refractivity contribution in [1.29, 1.82) is 0 Å². The molecule has 0 saturated heterocycles. The Hall–Kier alpha value is -1.33. The number of carbonyl (C=O) groups excluding carboxylic acids is 1. The summed E-state index contributed by atoms with van der Waals surface area (Å²) in [6.07, 6.45) is 0.954. The van der Waals surface area contributed by atoms with Gasteiger partial charge in [-0.05, 0) is 31.9 Å². The van der Waals surface area contributed by atoms with Crippen LogP contribution in [0.15, 0.2) is 34.0 Å². The summed E-state index contributed by atoms with van der Waals surface area (Å²) in [6.45, 7) is 4.73. The number of fused-ring (bicyclic) bond motifs is 1.